The zero-order chi connectivity index (χ0) is 33.1. The minimum atomic E-state index is -0.210. The quantitative estimate of drug-likeness (QED) is 0.189. The fourth-order valence-electron chi connectivity index (χ4n) is 8.93. The first-order chi connectivity index (χ1) is 24.6. The first kappa shape index (κ1) is 27.5. The van der Waals surface area contributed by atoms with Crippen LogP contribution in [-0.2, 0) is 5.41 Å². The van der Waals surface area contributed by atoms with Gasteiger partial charge in [0.2, 0.25) is 0 Å². The number of pyridine rings is 1. The fraction of sp³-hybridized carbons (Fsp3) is 0.0652. The van der Waals surface area contributed by atoms with Crippen molar-refractivity contribution in [1.82, 2.24) is 18.5 Å². The van der Waals surface area contributed by atoms with E-state index >= 15 is 0 Å². The predicted octanol–water partition coefficient (Wildman–Crippen LogP) is 11.5. The van der Waals surface area contributed by atoms with Crippen LogP contribution in [-0.4, -0.2) is 18.5 Å². The molecule has 0 saturated carbocycles. The van der Waals surface area contributed by atoms with Crippen molar-refractivity contribution >= 4 is 49.3 Å². The summed E-state index contributed by atoms with van der Waals surface area (Å²) in [6, 6.07) is 52.9. The lowest BCUT2D eigenvalue weighted by Gasteiger charge is -2.23. The van der Waals surface area contributed by atoms with Gasteiger partial charge < -0.3 is 13.5 Å². The summed E-state index contributed by atoms with van der Waals surface area (Å²) in [6.07, 6.45) is 4.16. The highest BCUT2D eigenvalue weighted by Gasteiger charge is 2.41. The molecule has 0 N–H and O–H groups in total. The van der Waals surface area contributed by atoms with Gasteiger partial charge in [0, 0.05) is 61.9 Å². The maximum atomic E-state index is 4.91. The number of imidazole rings is 1. The maximum absolute atomic E-state index is 4.91. The molecule has 0 aliphatic heterocycles. The summed E-state index contributed by atoms with van der Waals surface area (Å²) in [5.41, 5.74) is 15.5. The van der Waals surface area contributed by atoms with E-state index in [1.54, 1.807) is 0 Å². The average Bonchev–Trinajstić information content (AvgIpc) is 3.90. The van der Waals surface area contributed by atoms with Gasteiger partial charge in [-0.25, -0.2) is 4.98 Å². The van der Waals surface area contributed by atoms with Crippen LogP contribution in [0.4, 0.5) is 0 Å². The molecule has 10 aromatic rings. The molecule has 0 atom stereocenters. The molecule has 0 radical (unpaired) electrons. The second-order valence-corrected chi connectivity index (χ2v) is 14.0. The predicted molar refractivity (Wildman–Crippen MR) is 207 cm³/mol. The van der Waals surface area contributed by atoms with Crippen LogP contribution in [0.25, 0.3) is 83.0 Å². The van der Waals surface area contributed by atoms with Gasteiger partial charge in [-0.2, -0.15) is 0 Å². The summed E-state index contributed by atoms with van der Waals surface area (Å²) >= 11 is 0. The Morgan fingerprint density at radius 2 is 1.16 bits per heavy atom. The van der Waals surface area contributed by atoms with Crippen molar-refractivity contribution in [1.29, 1.82) is 0 Å². The molecule has 6 aromatic carbocycles. The molecular formula is C46H32N4. The fourth-order valence-corrected chi connectivity index (χ4v) is 8.93. The Morgan fingerprint density at radius 3 is 1.92 bits per heavy atom. The van der Waals surface area contributed by atoms with Crippen LogP contribution < -0.4 is 0 Å². The van der Waals surface area contributed by atoms with Crippen molar-refractivity contribution < 1.29 is 0 Å². The number of rotatable bonds is 3. The summed E-state index contributed by atoms with van der Waals surface area (Å²) in [6.45, 7) is 4.82. The monoisotopic (exact) mass is 640 g/mol. The largest absolute Gasteiger partial charge is 0.309 e. The molecule has 236 valence electrons. The molecule has 4 aromatic heterocycles. The summed E-state index contributed by atoms with van der Waals surface area (Å²) in [4.78, 5) is 4.91. The van der Waals surface area contributed by atoms with Crippen LogP contribution in [0.2, 0.25) is 0 Å². The molecule has 0 fully saturated rings. The van der Waals surface area contributed by atoms with E-state index in [0.29, 0.717) is 0 Å². The smallest absolute Gasteiger partial charge is 0.137 e. The van der Waals surface area contributed by atoms with Gasteiger partial charge in [0.25, 0.3) is 0 Å². The van der Waals surface area contributed by atoms with Crippen molar-refractivity contribution in [3.63, 3.8) is 0 Å². The van der Waals surface area contributed by atoms with Crippen molar-refractivity contribution in [3.05, 3.63) is 169 Å². The van der Waals surface area contributed by atoms with E-state index in [1.807, 2.05) is 24.4 Å². The highest BCUT2D eigenvalue weighted by molar-refractivity contribution is 6.31. The molecule has 0 bridgehead atoms. The summed E-state index contributed by atoms with van der Waals surface area (Å²) in [7, 11) is 0. The highest BCUT2D eigenvalue weighted by Crippen LogP contribution is 2.58. The molecule has 50 heavy (non-hydrogen) atoms. The minimum Gasteiger partial charge on any atom is -0.309 e. The minimum absolute atomic E-state index is 0.210. The van der Waals surface area contributed by atoms with Gasteiger partial charge in [0.1, 0.15) is 5.65 Å². The number of hydrogen-bond acceptors (Lipinski definition) is 1. The zero-order valence-corrected chi connectivity index (χ0v) is 27.8. The SMILES string of the molecule is CC1(C)c2ccccc2-c2c1c1c3ccccc3n(-c3ccccc3)c1c1c3ccccc3n(-c3ccc(-c4cn5ccccc5n4)cc3)c21. The standard InChI is InChI=1S/C46H32N4/c1-46(2)35-19-9-6-16-32(35)40-43(46)41-33-17-7-10-20-37(33)49(30-14-4-3-5-15-30)45(41)42-34-18-8-11-21-38(34)50(44(40)42)31-25-23-29(24-26-31)36-28-48-27-13-12-22-39(48)47-36/h3-28H,1-2H3. The van der Waals surface area contributed by atoms with E-state index in [9.17, 15) is 0 Å². The average molecular weight is 641 g/mol. The van der Waals surface area contributed by atoms with Gasteiger partial charge >= 0.3 is 0 Å². The number of fused-ring (bicyclic) bond motifs is 13. The molecule has 1 aliphatic rings. The van der Waals surface area contributed by atoms with Gasteiger partial charge in [-0.3, -0.25) is 0 Å². The maximum Gasteiger partial charge on any atom is 0.137 e. The van der Waals surface area contributed by atoms with Crippen LogP contribution in [0.15, 0.2) is 158 Å². The van der Waals surface area contributed by atoms with E-state index in [-0.39, 0.29) is 5.41 Å². The highest BCUT2D eigenvalue weighted by atomic mass is 15.0. The van der Waals surface area contributed by atoms with Crippen LogP contribution >= 0.6 is 0 Å². The summed E-state index contributed by atoms with van der Waals surface area (Å²) < 4.78 is 7.10. The van der Waals surface area contributed by atoms with Crippen LogP contribution in [0.3, 0.4) is 0 Å². The third-order valence-corrected chi connectivity index (χ3v) is 11.0. The Kier molecular flexibility index (Phi) is 5.42. The number of para-hydroxylation sites is 3. The van der Waals surface area contributed by atoms with Gasteiger partial charge in [0.15, 0.2) is 0 Å². The Bertz CT molecular complexity index is 2960. The number of nitrogens with zero attached hydrogens (tertiary/aromatic N) is 4. The lowest BCUT2D eigenvalue weighted by Crippen LogP contribution is -2.15. The number of benzene rings is 6. The van der Waals surface area contributed by atoms with Crippen molar-refractivity contribution in [3.8, 4) is 33.8 Å². The molecule has 4 heterocycles. The topological polar surface area (TPSA) is 27.2 Å². The van der Waals surface area contributed by atoms with Gasteiger partial charge in [0.05, 0.1) is 27.8 Å². The Morgan fingerprint density at radius 1 is 0.540 bits per heavy atom. The Labute approximate surface area is 289 Å². The Hall–Kier alpha value is -6.39. The molecule has 0 spiro atoms. The first-order valence-electron chi connectivity index (χ1n) is 17.3. The zero-order valence-electron chi connectivity index (χ0n) is 27.8. The lowest BCUT2D eigenvalue weighted by molar-refractivity contribution is 0.667. The van der Waals surface area contributed by atoms with Crippen LogP contribution in [0.5, 0.6) is 0 Å². The van der Waals surface area contributed by atoms with Crippen LogP contribution in [0.1, 0.15) is 25.0 Å². The third-order valence-electron chi connectivity index (χ3n) is 11.0. The van der Waals surface area contributed by atoms with E-state index in [4.69, 9.17) is 4.98 Å². The van der Waals surface area contributed by atoms with E-state index < -0.39 is 0 Å². The normalized spacial score (nSPS) is 13.6. The number of hydrogen-bond donors (Lipinski definition) is 0. The van der Waals surface area contributed by atoms with Crippen molar-refractivity contribution in [2.24, 2.45) is 0 Å². The van der Waals surface area contributed by atoms with Crippen molar-refractivity contribution in [2.45, 2.75) is 19.3 Å². The van der Waals surface area contributed by atoms with E-state index in [1.165, 1.54) is 71.6 Å². The summed E-state index contributed by atoms with van der Waals surface area (Å²) in [5, 5.41) is 5.17. The molecule has 0 amide bonds. The second kappa shape index (κ2) is 9.83. The molecular weight excluding hydrogens is 609 g/mol. The molecule has 11 rings (SSSR count). The molecule has 4 nitrogen and oxygen atoms in total. The molecule has 4 heteroatoms. The van der Waals surface area contributed by atoms with E-state index in [2.05, 4.69) is 161 Å². The van der Waals surface area contributed by atoms with Gasteiger partial charge in [-0.1, -0.05) is 111 Å². The Balaban J connectivity index is 1.33. The third kappa shape index (κ3) is 3.52. The molecule has 0 saturated heterocycles. The second-order valence-electron chi connectivity index (χ2n) is 14.0. The van der Waals surface area contributed by atoms with Crippen molar-refractivity contribution in [2.75, 3.05) is 0 Å². The number of aromatic nitrogens is 4. The summed E-state index contributed by atoms with van der Waals surface area (Å²) in [5.74, 6) is 0. The lowest BCUT2D eigenvalue weighted by atomic mass is 9.80. The molecule has 1 aliphatic carbocycles. The van der Waals surface area contributed by atoms with Crippen LogP contribution in [0, 0.1) is 0 Å². The van der Waals surface area contributed by atoms with Gasteiger partial charge in [-0.05, 0) is 65.2 Å². The molecule has 0 unspecified atom stereocenters. The van der Waals surface area contributed by atoms with Gasteiger partial charge in [-0.15, -0.1) is 0 Å². The van der Waals surface area contributed by atoms with E-state index in [0.717, 1.165) is 22.6 Å². The first-order valence-corrected chi connectivity index (χ1v) is 17.3.